The molecule has 3 heteroatoms. The van der Waals surface area contributed by atoms with E-state index in [1.165, 1.54) is 0 Å². The van der Waals surface area contributed by atoms with Crippen LogP contribution >= 0.6 is 0 Å². The molecule has 1 aliphatic heterocycles. The molecular formula is C11H13NO2. The van der Waals surface area contributed by atoms with Gasteiger partial charge in [-0.2, -0.15) is 0 Å². The van der Waals surface area contributed by atoms with E-state index in [9.17, 15) is 4.79 Å². The summed E-state index contributed by atoms with van der Waals surface area (Å²) < 4.78 is 5.38. The zero-order valence-electron chi connectivity index (χ0n) is 8.33. The Balaban J connectivity index is 2.36. The molecule has 0 radical (unpaired) electrons. The Hall–Kier alpha value is -1.51. The summed E-state index contributed by atoms with van der Waals surface area (Å²) in [6, 6.07) is 5.70. The second-order valence-corrected chi connectivity index (χ2v) is 3.39. The van der Waals surface area contributed by atoms with Gasteiger partial charge < -0.3 is 10.1 Å². The van der Waals surface area contributed by atoms with Crippen molar-refractivity contribution in [1.29, 1.82) is 0 Å². The van der Waals surface area contributed by atoms with Crippen molar-refractivity contribution in [1.82, 2.24) is 0 Å². The molecule has 1 amide bonds. The molecule has 0 aromatic heterocycles. The van der Waals surface area contributed by atoms with Crippen LogP contribution < -0.4 is 10.1 Å². The van der Waals surface area contributed by atoms with E-state index in [1.807, 2.05) is 32.0 Å². The van der Waals surface area contributed by atoms with Gasteiger partial charge in [0, 0.05) is 5.69 Å². The van der Waals surface area contributed by atoms with E-state index < -0.39 is 0 Å². The van der Waals surface area contributed by atoms with Gasteiger partial charge in [0.15, 0.2) is 0 Å². The summed E-state index contributed by atoms with van der Waals surface area (Å²) in [5, 5.41) is 2.82. The van der Waals surface area contributed by atoms with Crippen LogP contribution in [0.15, 0.2) is 18.2 Å². The maximum Gasteiger partial charge on any atom is 0.231 e. The second kappa shape index (κ2) is 3.33. The molecule has 1 N–H and O–H groups in total. The Kier molecular flexibility index (Phi) is 2.15. The fourth-order valence-corrected chi connectivity index (χ4v) is 1.65. The minimum Gasteiger partial charge on any atom is -0.494 e. The molecule has 0 bridgehead atoms. The highest BCUT2D eigenvalue weighted by Crippen LogP contribution is 2.34. The van der Waals surface area contributed by atoms with Gasteiger partial charge in [-0.15, -0.1) is 0 Å². The van der Waals surface area contributed by atoms with E-state index in [-0.39, 0.29) is 11.8 Å². The Labute approximate surface area is 83.1 Å². The average molecular weight is 191 g/mol. The molecule has 1 aromatic carbocycles. The number of ether oxygens (including phenoxy) is 1. The summed E-state index contributed by atoms with van der Waals surface area (Å²) in [5.74, 6) is 0.827. The lowest BCUT2D eigenvalue weighted by molar-refractivity contribution is -0.116. The zero-order valence-corrected chi connectivity index (χ0v) is 8.33. The van der Waals surface area contributed by atoms with Gasteiger partial charge >= 0.3 is 0 Å². The molecule has 0 spiro atoms. The fourth-order valence-electron chi connectivity index (χ4n) is 1.65. The van der Waals surface area contributed by atoms with Gasteiger partial charge in [0.1, 0.15) is 5.75 Å². The van der Waals surface area contributed by atoms with E-state index in [1.54, 1.807) is 0 Å². The summed E-state index contributed by atoms with van der Waals surface area (Å²) in [5.41, 5.74) is 1.94. The van der Waals surface area contributed by atoms with E-state index in [4.69, 9.17) is 4.74 Å². The summed E-state index contributed by atoms with van der Waals surface area (Å²) in [6.45, 7) is 4.49. The van der Waals surface area contributed by atoms with Gasteiger partial charge in [0.2, 0.25) is 5.91 Å². The number of rotatable bonds is 2. The molecule has 1 aromatic rings. The standard InChI is InChI=1S/C11H13NO2/c1-3-14-8-4-5-10-9(6-8)7(2)11(13)12-10/h4-7H,3H2,1-2H3,(H,12,13). The number of hydrogen-bond acceptors (Lipinski definition) is 2. The molecule has 0 aliphatic carbocycles. The first-order valence-electron chi connectivity index (χ1n) is 4.80. The van der Waals surface area contributed by atoms with E-state index in [0.717, 1.165) is 17.0 Å². The van der Waals surface area contributed by atoms with Gasteiger partial charge in [-0.3, -0.25) is 4.79 Å². The predicted octanol–water partition coefficient (Wildman–Crippen LogP) is 2.14. The fraction of sp³-hybridized carbons (Fsp3) is 0.364. The van der Waals surface area contributed by atoms with Crippen LogP contribution in [-0.2, 0) is 4.79 Å². The quantitative estimate of drug-likeness (QED) is 0.777. The Morgan fingerprint density at radius 1 is 1.50 bits per heavy atom. The van der Waals surface area contributed by atoms with Crippen LogP contribution in [0.2, 0.25) is 0 Å². The van der Waals surface area contributed by atoms with Crippen molar-refractivity contribution in [3.05, 3.63) is 23.8 Å². The highest BCUT2D eigenvalue weighted by Gasteiger charge is 2.26. The molecule has 74 valence electrons. The number of carbonyl (C=O) groups excluding carboxylic acids is 1. The lowest BCUT2D eigenvalue weighted by Crippen LogP contribution is -2.08. The zero-order chi connectivity index (χ0) is 10.1. The summed E-state index contributed by atoms with van der Waals surface area (Å²) in [6.07, 6.45) is 0. The van der Waals surface area contributed by atoms with Crippen LogP contribution in [0.25, 0.3) is 0 Å². The number of fused-ring (bicyclic) bond motifs is 1. The predicted molar refractivity (Wildman–Crippen MR) is 54.7 cm³/mol. The molecule has 14 heavy (non-hydrogen) atoms. The lowest BCUT2D eigenvalue weighted by Gasteiger charge is -2.06. The van der Waals surface area contributed by atoms with E-state index in [2.05, 4.69) is 5.32 Å². The smallest absolute Gasteiger partial charge is 0.231 e. The minimum absolute atomic E-state index is 0.0636. The first-order valence-corrected chi connectivity index (χ1v) is 4.80. The highest BCUT2D eigenvalue weighted by molar-refractivity contribution is 6.02. The number of nitrogens with one attached hydrogen (secondary N) is 1. The SMILES string of the molecule is CCOc1ccc2c(c1)C(C)C(=O)N2. The Morgan fingerprint density at radius 2 is 2.29 bits per heavy atom. The molecule has 1 atom stereocenters. The number of benzene rings is 1. The number of anilines is 1. The van der Waals surface area contributed by atoms with Crippen LogP contribution in [0.3, 0.4) is 0 Å². The van der Waals surface area contributed by atoms with Crippen LogP contribution in [-0.4, -0.2) is 12.5 Å². The van der Waals surface area contributed by atoms with Crippen LogP contribution in [0.5, 0.6) is 5.75 Å². The maximum absolute atomic E-state index is 11.3. The molecule has 0 saturated carbocycles. The third kappa shape index (κ3) is 1.35. The van der Waals surface area contributed by atoms with Gasteiger partial charge in [-0.1, -0.05) is 0 Å². The van der Waals surface area contributed by atoms with Crippen molar-refractivity contribution in [2.45, 2.75) is 19.8 Å². The monoisotopic (exact) mass is 191 g/mol. The minimum atomic E-state index is -0.0644. The third-order valence-corrected chi connectivity index (χ3v) is 2.45. The van der Waals surface area contributed by atoms with Gasteiger partial charge in [0.05, 0.1) is 12.5 Å². The van der Waals surface area contributed by atoms with Gasteiger partial charge in [0.25, 0.3) is 0 Å². The largest absolute Gasteiger partial charge is 0.494 e. The van der Waals surface area contributed by atoms with Crippen molar-refractivity contribution >= 4 is 11.6 Å². The van der Waals surface area contributed by atoms with Crippen molar-refractivity contribution in [2.24, 2.45) is 0 Å². The summed E-state index contributed by atoms with van der Waals surface area (Å²) in [7, 11) is 0. The third-order valence-electron chi connectivity index (χ3n) is 2.45. The molecule has 0 saturated heterocycles. The van der Waals surface area contributed by atoms with Crippen LogP contribution in [0.4, 0.5) is 5.69 Å². The van der Waals surface area contributed by atoms with Crippen molar-refractivity contribution in [2.75, 3.05) is 11.9 Å². The molecular weight excluding hydrogens is 178 g/mol. The van der Waals surface area contributed by atoms with E-state index in [0.29, 0.717) is 6.61 Å². The van der Waals surface area contributed by atoms with Gasteiger partial charge in [-0.25, -0.2) is 0 Å². The highest BCUT2D eigenvalue weighted by atomic mass is 16.5. The summed E-state index contributed by atoms with van der Waals surface area (Å²) in [4.78, 5) is 11.3. The van der Waals surface area contributed by atoms with Crippen LogP contribution in [0, 0.1) is 0 Å². The topological polar surface area (TPSA) is 38.3 Å². The lowest BCUT2D eigenvalue weighted by atomic mass is 10.0. The first kappa shape index (κ1) is 9.06. The van der Waals surface area contributed by atoms with Crippen molar-refractivity contribution < 1.29 is 9.53 Å². The molecule has 3 nitrogen and oxygen atoms in total. The second-order valence-electron chi connectivity index (χ2n) is 3.39. The molecule has 1 heterocycles. The molecule has 1 aliphatic rings. The number of carbonyl (C=O) groups is 1. The Morgan fingerprint density at radius 3 is 3.00 bits per heavy atom. The van der Waals surface area contributed by atoms with Crippen LogP contribution in [0.1, 0.15) is 25.3 Å². The molecule has 2 rings (SSSR count). The summed E-state index contributed by atoms with van der Waals surface area (Å²) >= 11 is 0. The maximum atomic E-state index is 11.3. The van der Waals surface area contributed by atoms with Crippen molar-refractivity contribution in [3.63, 3.8) is 0 Å². The number of hydrogen-bond donors (Lipinski definition) is 1. The average Bonchev–Trinajstić information content (AvgIpc) is 2.45. The normalized spacial score (nSPS) is 19.0. The van der Waals surface area contributed by atoms with E-state index >= 15 is 0 Å². The Bertz CT molecular complexity index is 374. The number of amides is 1. The molecule has 1 unspecified atom stereocenters. The van der Waals surface area contributed by atoms with Crippen molar-refractivity contribution in [3.8, 4) is 5.75 Å². The van der Waals surface area contributed by atoms with Gasteiger partial charge in [-0.05, 0) is 37.6 Å². The molecule has 0 fully saturated rings. The first-order chi connectivity index (χ1) is 6.72.